The molecule has 4 rings (SSSR count). The summed E-state index contributed by atoms with van der Waals surface area (Å²) in [6.07, 6.45) is 0. The predicted octanol–water partition coefficient (Wildman–Crippen LogP) is 2.25. The van der Waals surface area contributed by atoms with Crippen molar-refractivity contribution >= 4 is 11.9 Å². The predicted molar refractivity (Wildman–Crippen MR) is 102 cm³/mol. The highest BCUT2D eigenvalue weighted by atomic mass is 16.2. The Morgan fingerprint density at radius 2 is 1.68 bits per heavy atom. The summed E-state index contributed by atoms with van der Waals surface area (Å²) >= 11 is 0. The van der Waals surface area contributed by atoms with E-state index in [9.17, 15) is 9.59 Å². The number of nitrogens with zero attached hydrogens (tertiary/aromatic N) is 5. The fourth-order valence-electron chi connectivity index (χ4n) is 3.57. The monoisotopic (exact) mass is 376 g/mol. The van der Waals surface area contributed by atoms with E-state index in [2.05, 4.69) is 20.8 Å². The molecule has 0 bridgehead atoms. The molecule has 2 heterocycles. The van der Waals surface area contributed by atoms with E-state index in [4.69, 9.17) is 0 Å². The molecule has 3 aromatic rings. The average Bonchev–Trinajstić information content (AvgIpc) is 3.21. The van der Waals surface area contributed by atoms with Gasteiger partial charge in [0.25, 0.3) is 5.91 Å². The summed E-state index contributed by atoms with van der Waals surface area (Å²) in [5.41, 5.74) is 2.46. The van der Waals surface area contributed by atoms with E-state index in [1.807, 2.05) is 62.4 Å². The Morgan fingerprint density at radius 1 is 1.00 bits per heavy atom. The van der Waals surface area contributed by atoms with E-state index >= 15 is 0 Å². The zero-order valence-electron chi connectivity index (χ0n) is 15.9. The molecule has 3 amide bonds. The molecule has 0 aliphatic carbocycles. The van der Waals surface area contributed by atoms with Crippen LogP contribution < -0.4 is 5.32 Å². The van der Waals surface area contributed by atoms with E-state index in [0.29, 0.717) is 5.82 Å². The zero-order chi connectivity index (χ0) is 19.9. The maximum atomic E-state index is 13.1. The molecule has 1 saturated heterocycles. The van der Waals surface area contributed by atoms with Crippen LogP contribution in [0.15, 0.2) is 48.5 Å². The number of nitrogens with one attached hydrogen (secondary N) is 1. The molecule has 1 unspecified atom stereocenters. The second kappa shape index (κ2) is 6.56. The van der Waals surface area contributed by atoms with Crippen LogP contribution in [0.2, 0.25) is 0 Å². The number of benzene rings is 2. The topological polar surface area (TPSA) is 93.0 Å². The standard InChI is InChI=1S/C20H20N6O2/c1-13-8-7-9-14(2)17(13)26-16(22-23-24-26)12-25-18(27)20(3,21-19(25)28)15-10-5-4-6-11-15/h4-11H,12H2,1-3H3,(H,21,28). The van der Waals surface area contributed by atoms with E-state index in [-0.39, 0.29) is 12.5 Å². The van der Waals surface area contributed by atoms with E-state index < -0.39 is 11.6 Å². The number of imide groups is 1. The Bertz CT molecular complexity index is 1040. The van der Waals surface area contributed by atoms with Crippen molar-refractivity contribution in [3.63, 3.8) is 0 Å². The van der Waals surface area contributed by atoms with E-state index in [1.165, 1.54) is 0 Å². The SMILES string of the molecule is Cc1cccc(C)c1-n1nnnc1CN1C(=O)NC(C)(c2ccccc2)C1=O. The lowest BCUT2D eigenvalue weighted by atomic mass is 9.92. The minimum absolute atomic E-state index is 0.0200. The van der Waals surface area contributed by atoms with Crippen molar-refractivity contribution in [1.82, 2.24) is 30.4 Å². The zero-order valence-corrected chi connectivity index (χ0v) is 15.9. The highest BCUT2D eigenvalue weighted by molar-refractivity contribution is 6.07. The minimum atomic E-state index is -1.12. The van der Waals surface area contributed by atoms with Crippen LogP contribution in [0.5, 0.6) is 0 Å². The lowest BCUT2D eigenvalue weighted by Crippen LogP contribution is -2.40. The number of amides is 3. The number of carbonyl (C=O) groups excluding carboxylic acids is 2. The molecule has 8 nitrogen and oxygen atoms in total. The number of para-hydroxylation sites is 1. The fraction of sp³-hybridized carbons (Fsp3) is 0.250. The molecular formula is C20H20N6O2. The van der Waals surface area contributed by atoms with Crippen molar-refractivity contribution in [2.75, 3.05) is 0 Å². The normalized spacial score (nSPS) is 19.2. The van der Waals surface area contributed by atoms with Crippen molar-refractivity contribution in [3.8, 4) is 5.69 Å². The van der Waals surface area contributed by atoms with Gasteiger partial charge in [0, 0.05) is 0 Å². The summed E-state index contributed by atoms with van der Waals surface area (Å²) in [7, 11) is 0. The van der Waals surface area contributed by atoms with Gasteiger partial charge in [-0.2, -0.15) is 4.68 Å². The molecule has 0 radical (unpaired) electrons. The van der Waals surface area contributed by atoms with E-state index in [0.717, 1.165) is 27.3 Å². The van der Waals surface area contributed by atoms with Crippen LogP contribution in [-0.4, -0.2) is 37.0 Å². The van der Waals surface area contributed by atoms with Gasteiger partial charge in [0.1, 0.15) is 5.54 Å². The molecule has 28 heavy (non-hydrogen) atoms. The van der Waals surface area contributed by atoms with Crippen LogP contribution in [0.3, 0.4) is 0 Å². The molecule has 142 valence electrons. The molecule has 8 heteroatoms. The fourth-order valence-corrected chi connectivity index (χ4v) is 3.57. The number of aromatic nitrogens is 4. The van der Waals surface area contributed by atoms with Gasteiger partial charge >= 0.3 is 6.03 Å². The van der Waals surface area contributed by atoms with Crippen LogP contribution in [0.25, 0.3) is 5.69 Å². The number of aryl methyl sites for hydroxylation is 2. The Kier molecular flexibility index (Phi) is 4.18. The van der Waals surface area contributed by atoms with Crippen LogP contribution in [-0.2, 0) is 16.9 Å². The molecule has 1 N–H and O–H groups in total. The first-order chi connectivity index (χ1) is 13.4. The Labute approximate surface area is 162 Å². The smallest absolute Gasteiger partial charge is 0.319 e. The Balaban J connectivity index is 1.68. The summed E-state index contributed by atoms with van der Waals surface area (Å²) < 4.78 is 1.59. The summed E-state index contributed by atoms with van der Waals surface area (Å²) in [5, 5.41) is 14.7. The van der Waals surface area contributed by atoms with Gasteiger partial charge in [0.2, 0.25) is 0 Å². The first kappa shape index (κ1) is 17.8. The van der Waals surface area contributed by atoms with E-state index in [1.54, 1.807) is 11.6 Å². The maximum absolute atomic E-state index is 13.1. The van der Waals surface area contributed by atoms with Gasteiger partial charge in [0.15, 0.2) is 5.82 Å². The summed E-state index contributed by atoms with van der Waals surface area (Å²) in [6.45, 7) is 5.62. The van der Waals surface area contributed by atoms with Crippen molar-refractivity contribution in [2.45, 2.75) is 32.9 Å². The van der Waals surface area contributed by atoms with Gasteiger partial charge in [-0.25, -0.2) is 4.79 Å². The molecule has 1 aliphatic rings. The van der Waals surface area contributed by atoms with Crippen LogP contribution in [0.4, 0.5) is 4.79 Å². The first-order valence-corrected chi connectivity index (χ1v) is 8.95. The number of hydrogen-bond donors (Lipinski definition) is 1. The Morgan fingerprint density at radius 3 is 2.36 bits per heavy atom. The largest absolute Gasteiger partial charge is 0.325 e. The molecule has 1 aliphatic heterocycles. The average molecular weight is 376 g/mol. The van der Waals surface area contributed by atoms with Crippen LogP contribution in [0, 0.1) is 13.8 Å². The molecule has 1 fully saturated rings. The lowest BCUT2D eigenvalue weighted by Gasteiger charge is -2.22. The number of rotatable bonds is 4. The summed E-state index contributed by atoms with van der Waals surface area (Å²) in [6, 6.07) is 14.6. The third-order valence-electron chi connectivity index (χ3n) is 5.11. The molecular weight excluding hydrogens is 356 g/mol. The molecule has 0 saturated carbocycles. The van der Waals surface area contributed by atoms with Gasteiger partial charge < -0.3 is 5.32 Å². The van der Waals surface area contributed by atoms with Gasteiger partial charge in [-0.15, -0.1) is 5.10 Å². The molecule has 1 aromatic heterocycles. The third kappa shape index (κ3) is 2.74. The number of tetrazole rings is 1. The second-order valence-electron chi connectivity index (χ2n) is 7.06. The minimum Gasteiger partial charge on any atom is -0.319 e. The highest BCUT2D eigenvalue weighted by Crippen LogP contribution is 2.29. The maximum Gasteiger partial charge on any atom is 0.325 e. The molecule has 2 aromatic carbocycles. The summed E-state index contributed by atoms with van der Waals surface area (Å²) in [4.78, 5) is 26.9. The number of carbonyl (C=O) groups is 2. The molecule has 0 spiro atoms. The van der Waals surface area contributed by atoms with Crippen molar-refractivity contribution in [2.24, 2.45) is 0 Å². The molecule has 1 atom stereocenters. The van der Waals surface area contributed by atoms with Gasteiger partial charge in [-0.3, -0.25) is 9.69 Å². The van der Waals surface area contributed by atoms with Crippen LogP contribution >= 0.6 is 0 Å². The van der Waals surface area contributed by atoms with Gasteiger partial charge in [0.05, 0.1) is 12.2 Å². The number of hydrogen-bond acceptors (Lipinski definition) is 5. The third-order valence-corrected chi connectivity index (χ3v) is 5.11. The van der Waals surface area contributed by atoms with Gasteiger partial charge in [-0.1, -0.05) is 48.5 Å². The second-order valence-corrected chi connectivity index (χ2v) is 7.06. The quantitative estimate of drug-likeness (QED) is 0.705. The Hall–Kier alpha value is -3.55. The lowest BCUT2D eigenvalue weighted by molar-refractivity contribution is -0.131. The van der Waals surface area contributed by atoms with Crippen LogP contribution in [0.1, 0.15) is 29.4 Å². The van der Waals surface area contributed by atoms with Crippen molar-refractivity contribution in [1.29, 1.82) is 0 Å². The first-order valence-electron chi connectivity index (χ1n) is 8.95. The summed E-state index contributed by atoms with van der Waals surface area (Å²) in [5.74, 6) is 0.0815. The highest BCUT2D eigenvalue weighted by Gasteiger charge is 2.49. The van der Waals surface area contributed by atoms with Crippen molar-refractivity contribution in [3.05, 3.63) is 71.0 Å². The van der Waals surface area contributed by atoms with Crippen molar-refractivity contribution < 1.29 is 9.59 Å². The number of urea groups is 1. The van der Waals surface area contributed by atoms with Gasteiger partial charge in [-0.05, 0) is 47.9 Å².